The Labute approximate surface area is 208 Å². The quantitative estimate of drug-likeness (QED) is 0.456. The second-order valence-electron chi connectivity index (χ2n) is 9.26. The number of imide groups is 1. The molecule has 0 unspecified atom stereocenters. The summed E-state index contributed by atoms with van der Waals surface area (Å²) < 4.78 is 43.7. The fraction of sp³-hybridized carbons (Fsp3) is 0.360. The van der Waals surface area contributed by atoms with Crippen LogP contribution in [0, 0.1) is 23.7 Å². The SMILES string of the molecule is O=C(COC(=O)c1cccc(N2C(=O)[C@H]3[C@H]4CC[C@@H](C4)[C@@H]3C2=O)c1)Nc1cc(C(F)(F)F)ccc1Cl. The normalized spacial score (nSPS) is 24.7. The van der Waals surface area contributed by atoms with Crippen LogP contribution in [0.25, 0.3) is 0 Å². The van der Waals surface area contributed by atoms with Gasteiger partial charge in [0.2, 0.25) is 11.8 Å². The molecule has 0 radical (unpaired) electrons. The Bertz CT molecular complexity index is 1250. The van der Waals surface area contributed by atoms with Gasteiger partial charge < -0.3 is 10.1 Å². The fourth-order valence-corrected chi connectivity index (χ4v) is 5.80. The number of esters is 1. The molecule has 36 heavy (non-hydrogen) atoms. The summed E-state index contributed by atoms with van der Waals surface area (Å²) in [7, 11) is 0. The third-order valence-corrected chi connectivity index (χ3v) is 7.50. The Balaban J connectivity index is 1.24. The number of amides is 3. The number of hydrogen-bond acceptors (Lipinski definition) is 5. The van der Waals surface area contributed by atoms with Crippen molar-refractivity contribution in [2.75, 3.05) is 16.8 Å². The number of anilines is 2. The maximum atomic E-state index is 13.0. The standard InChI is InChI=1S/C25H20ClF3N2O5/c26-17-7-6-15(25(27,28)29)10-18(17)30-19(32)11-36-24(35)14-2-1-3-16(9-14)31-22(33)20-12-4-5-13(8-12)21(20)23(31)34/h1-3,6-7,9-10,12-13,20-21H,4-5,8,11H2,(H,30,32)/t12-,13-,20-,21-/m0/s1. The predicted molar refractivity (Wildman–Crippen MR) is 122 cm³/mol. The highest BCUT2D eigenvalue weighted by molar-refractivity contribution is 6.33. The second-order valence-corrected chi connectivity index (χ2v) is 9.67. The number of rotatable bonds is 5. The summed E-state index contributed by atoms with van der Waals surface area (Å²) in [6, 6.07) is 8.26. The van der Waals surface area contributed by atoms with E-state index in [2.05, 4.69) is 5.32 Å². The fourth-order valence-electron chi connectivity index (χ4n) is 5.63. The highest BCUT2D eigenvalue weighted by Gasteiger charge is 2.61. The third-order valence-electron chi connectivity index (χ3n) is 7.17. The maximum absolute atomic E-state index is 13.0. The van der Waals surface area contributed by atoms with E-state index in [1.807, 2.05) is 0 Å². The Morgan fingerprint density at radius 1 is 1.03 bits per heavy atom. The average molecular weight is 521 g/mol. The number of hydrogen-bond donors (Lipinski definition) is 1. The lowest BCUT2D eigenvalue weighted by Crippen LogP contribution is -2.32. The molecule has 3 aliphatic rings. The van der Waals surface area contributed by atoms with E-state index in [9.17, 15) is 32.3 Å². The van der Waals surface area contributed by atoms with Crippen LogP contribution in [0.2, 0.25) is 5.02 Å². The van der Waals surface area contributed by atoms with Crippen LogP contribution >= 0.6 is 11.6 Å². The van der Waals surface area contributed by atoms with Crippen molar-refractivity contribution in [1.82, 2.24) is 0 Å². The van der Waals surface area contributed by atoms with Gasteiger partial charge in [-0.3, -0.25) is 19.3 Å². The molecule has 1 heterocycles. The zero-order valence-electron chi connectivity index (χ0n) is 18.7. The predicted octanol–water partition coefficient (Wildman–Crippen LogP) is 4.69. The molecule has 0 aromatic heterocycles. The minimum atomic E-state index is -4.63. The number of nitrogens with one attached hydrogen (secondary N) is 1. The summed E-state index contributed by atoms with van der Waals surface area (Å²) in [5, 5.41) is 2.07. The lowest BCUT2D eigenvalue weighted by Gasteiger charge is -2.19. The summed E-state index contributed by atoms with van der Waals surface area (Å²) in [5.41, 5.74) is -1.01. The van der Waals surface area contributed by atoms with Gasteiger partial charge in [-0.05, 0) is 67.5 Å². The van der Waals surface area contributed by atoms with Gasteiger partial charge >= 0.3 is 12.1 Å². The number of benzene rings is 2. The van der Waals surface area contributed by atoms with Crippen molar-refractivity contribution in [3.05, 3.63) is 58.6 Å². The summed E-state index contributed by atoms with van der Waals surface area (Å²) in [6.07, 6.45) is -1.84. The van der Waals surface area contributed by atoms with E-state index in [4.69, 9.17) is 16.3 Å². The van der Waals surface area contributed by atoms with Gasteiger partial charge in [0.15, 0.2) is 6.61 Å². The monoisotopic (exact) mass is 520 g/mol. The molecule has 2 saturated carbocycles. The van der Waals surface area contributed by atoms with E-state index in [0.717, 1.165) is 36.3 Å². The number of fused-ring (bicyclic) bond motifs is 5. The molecule has 1 aliphatic heterocycles. The van der Waals surface area contributed by atoms with E-state index >= 15 is 0 Å². The summed E-state index contributed by atoms with van der Waals surface area (Å²) in [6.45, 7) is -0.787. The molecule has 188 valence electrons. The molecule has 11 heteroatoms. The molecule has 4 atom stereocenters. The number of carbonyl (C=O) groups is 4. The smallest absolute Gasteiger partial charge is 0.416 e. The van der Waals surface area contributed by atoms with Gasteiger partial charge in [-0.2, -0.15) is 13.2 Å². The maximum Gasteiger partial charge on any atom is 0.416 e. The Morgan fingerprint density at radius 3 is 2.33 bits per heavy atom. The van der Waals surface area contributed by atoms with Crippen LogP contribution in [-0.2, 0) is 25.3 Å². The van der Waals surface area contributed by atoms with Crippen molar-refractivity contribution in [1.29, 1.82) is 0 Å². The number of alkyl halides is 3. The Hall–Kier alpha value is -3.40. The van der Waals surface area contributed by atoms with Crippen molar-refractivity contribution in [2.24, 2.45) is 23.7 Å². The zero-order chi connectivity index (χ0) is 25.8. The second kappa shape index (κ2) is 8.92. The van der Waals surface area contributed by atoms with Crippen LogP contribution in [0.5, 0.6) is 0 Å². The van der Waals surface area contributed by atoms with Crippen LogP contribution in [0.3, 0.4) is 0 Å². The summed E-state index contributed by atoms with van der Waals surface area (Å²) >= 11 is 5.86. The zero-order valence-corrected chi connectivity index (χ0v) is 19.4. The average Bonchev–Trinajstić information content (AvgIpc) is 3.52. The van der Waals surface area contributed by atoms with Gasteiger partial charge in [0.1, 0.15) is 0 Å². The van der Waals surface area contributed by atoms with Crippen molar-refractivity contribution >= 4 is 46.7 Å². The van der Waals surface area contributed by atoms with E-state index in [0.29, 0.717) is 6.07 Å². The molecular weight excluding hydrogens is 501 g/mol. The number of ether oxygens (including phenoxy) is 1. The number of nitrogens with zero attached hydrogens (tertiary/aromatic N) is 1. The molecule has 0 spiro atoms. The molecular formula is C25H20ClF3N2O5. The largest absolute Gasteiger partial charge is 0.452 e. The van der Waals surface area contributed by atoms with Crippen LogP contribution < -0.4 is 10.2 Å². The first kappa shape index (κ1) is 24.3. The van der Waals surface area contributed by atoms with Gasteiger partial charge in [-0.25, -0.2) is 4.79 Å². The van der Waals surface area contributed by atoms with Gasteiger partial charge in [-0.15, -0.1) is 0 Å². The first-order chi connectivity index (χ1) is 17.0. The van der Waals surface area contributed by atoms with Crippen LogP contribution in [-0.4, -0.2) is 30.3 Å². The van der Waals surface area contributed by atoms with E-state index in [1.54, 1.807) is 6.07 Å². The van der Waals surface area contributed by atoms with Crippen molar-refractivity contribution in [3.63, 3.8) is 0 Å². The van der Waals surface area contributed by atoms with Crippen molar-refractivity contribution < 1.29 is 37.1 Å². The van der Waals surface area contributed by atoms with Gasteiger partial charge in [0.05, 0.1) is 39.4 Å². The van der Waals surface area contributed by atoms with E-state index in [1.165, 1.54) is 18.2 Å². The molecule has 3 fully saturated rings. The summed E-state index contributed by atoms with van der Waals surface area (Å²) in [5.74, 6) is -2.47. The van der Waals surface area contributed by atoms with Crippen LogP contribution in [0.4, 0.5) is 24.5 Å². The molecule has 2 bridgehead atoms. The van der Waals surface area contributed by atoms with E-state index in [-0.39, 0.29) is 57.4 Å². The number of halogens is 4. The van der Waals surface area contributed by atoms with Crippen LogP contribution in [0.15, 0.2) is 42.5 Å². The molecule has 1 saturated heterocycles. The van der Waals surface area contributed by atoms with Gasteiger partial charge in [0, 0.05) is 0 Å². The molecule has 2 aliphatic carbocycles. The molecule has 2 aromatic carbocycles. The lowest BCUT2D eigenvalue weighted by molar-refractivity contribution is -0.137. The molecule has 1 N–H and O–H groups in total. The van der Waals surface area contributed by atoms with Gasteiger partial charge in [-0.1, -0.05) is 17.7 Å². The molecule has 2 aromatic rings. The van der Waals surface area contributed by atoms with Crippen molar-refractivity contribution in [3.8, 4) is 0 Å². The van der Waals surface area contributed by atoms with Gasteiger partial charge in [0.25, 0.3) is 5.91 Å². The topological polar surface area (TPSA) is 92.8 Å². The first-order valence-corrected chi connectivity index (χ1v) is 11.7. The first-order valence-electron chi connectivity index (χ1n) is 11.4. The Kier molecular flexibility index (Phi) is 6.02. The highest BCUT2D eigenvalue weighted by atomic mass is 35.5. The Morgan fingerprint density at radius 2 is 1.69 bits per heavy atom. The summed E-state index contributed by atoms with van der Waals surface area (Å²) in [4.78, 5) is 51.9. The van der Waals surface area contributed by atoms with Crippen molar-refractivity contribution in [2.45, 2.75) is 25.4 Å². The third kappa shape index (κ3) is 4.23. The highest BCUT2D eigenvalue weighted by Crippen LogP contribution is 2.56. The number of carbonyl (C=O) groups excluding carboxylic acids is 4. The molecule has 5 rings (SSSR count). The minimum Gasteiger partial charge on any atom is -0.452 e. The molecule has 3 amide bonds. The minimum absolute atomic E-state index is 0.0121. The lowest BCUT2D eigenvalue weighted by atomic mass is 9.81. The molecule has 7 nitrogen and oxygen atoms in total. The van der Waals surface area contributed by atoms with E-state index < -0.39 is 30.2 Å². The van der Waals surface area contributed by atoms with Crippen LogP contribution in [0.1, 0.15) is 35.2 Å².